The molecule has 4 heteroatoms. The molecule has 94 valence electrons. The molecular formula is C14H16N2O2. The first-order valence-electron chi connectivity index (χ1n) is 5.98. The fourth-order valence-corrected chi connectivity index (χ4v) is 2.25. The Morgan fingerprint density at radius 3 is 2.67 bits per heavy atom. The molecule has 1 aromatic heterocycles. The van der Waals surface area contributed by atoms with Gasteiger partial charge in [0.25, 0.3) is 0 Å². The van der Waals surface area contributed by atoms with Crippen LogP contribution in [0.3, 0.4) is 0 Å². The molecule has 1 heterocycles. The number of nitrogens with two attached hydrogens (primary N) is 1. The van der Waals surface area contributed by atoms with Gasteiger partial charge in [0, 0.05) is 24.2 Å². The fraction of sp³-hybridized carbons (Fsp3) is 0.286. The highest BCUT2D eigenvalue weighted by molar-refractivity contribution is 6.03. The summed E-state index contributed by atoms with van der Waals surface area (Å²) in [5.41, 5.74) is 7.63. The number of aromatic nitrogens is 1. The van der Waals surface area contributed by atoms with Gasteiger partial charge in [-0.25, -0.2) is 0 Å². The summed E-state index contributed by atoms with van der Waals surface area (Å²) in [4.78, 5) is 24.1. The second kappa shape index (κ2) is 5.04. The molecule has 0 saturated heterocycles. The highest BCUT2D eigenvalue weighted by Gasteiger charge is 2.21. The minimum Gasteiger partial charge on any atom is -0.370 e. The second-order valence-electron chi connectivity index (χ2n) is 4.41. The monoisotopic (exact) mass is 244 g/mol. The Hall–Kier alpha value is -2.10. The molecule has 1 amide bonds. The Morgan fingerprint density at radius 1 is 1.28 bits per heavy atom. The number of amides is 1. The Morgan fingerprint density at radius 2 is 1.94 bits per heavy atom. The number of benzene rings is 1. The van der Waals surface area contributed by atoms with Crippen molar-refractivity contribution in [1.82, 2.24) is 4.98 Å². The summed E-state index contributed by atoms with van der Waals surface area (Å²) in [7, 11) is 0. The molecule has 0 atom stereocenters. The zero-order valence-corrected chi connectivity index (χ0v) is 10.3. The molecule has 3 N–H and O–H groups in total. The minimum absolute atomic E-state index is 0.266. The average Bonchev–Trinajstić information content (AvgIpc) is 2.69. The first kappa shape index (κ1) is 12.4. The molecule has 0 radical (unpaired) electrons. The van der Waals surface area contributed by atoms with Crippen molar-refractivity contribution in [2.45, 2.75) is 26.2 Å². The molecule has 1 aliphatic rings. The summed E-state index contributed by atoms with van der Waals surface area (Å²) >= 11 is 0. The van der Waals surface area contributed by atoms with E-state index < -0.39 is 0 Å². The van der Waals surface area contributed by atoms with Gasteiger partial charge in [-0.1, -0.05) is 18.2 Å². The van der Waals surface area contributed by atoms with Gasteiger partial charge >= 0.3 is 0 Å². The number of rotatable bonds is 0. The maximum absolute atomic E-state index is 11.6. The number of primary amides is 1. The van der Waals surface area contributed by atoms with Crippen LogP contribution in [0, 0.1) is 0 Å². The molecular weight excluding hydrogens is 228 g/mol. The highest BCUT2D eigenvalue weighted by atomic mass is 16.1. The Kier molecular flexibility index (Phi) is 3.46. The first-order chi connectivity index (χ1) is 8.59. The Balaban J connectivity index is 0.000000267. The van der Waals surface area contributed by atoms with Crippen molar-refractivity contribution in [1.29, 1.82) is 0 Å². The molecule has 1 aromatic carbocycles. The lowest BCUT2D eigenvalue weighted by molar-refractivity contribution is -0.115. The zero-order chi connectivity index (χ0) is 13.1. The molecule has 2 aromatic rings. The lowest BCUT2D eigenvalue weighted by Crippen LogP contribution is -2.09. The van der Waals surface area contributed by atoms with Gasteiger partial charge in [-0.2, -0.15) is 0 Å². The van der Waals surface area contributed by atoms with E-state index in [1.165, 1.54) is 17.9 Å². The summed E-state index contributed by atoms with van der Waals surface area (Å²) in [5, 5.41) is 1.22. The number of nitrogens with one attached hydrogen (secondary N) is 1. The van der Waals surface area contributed by atoms with Crippen molar-refractivity contribution >= 4 is 22.6 Å². The number of carbonyl (C=O) groups is 2. The van der Waals surface area contributed by atoms with Crippen LogP contribution in [-0.2, 0) is 11.2 Å². The van der Waals surface area contributed by atoms with E-state index in [4.69, 9.17) is 0 Å². The standard InChI is InChI=1S/C12H11NO.C2H5NO/c14-11-7-3-5-9-8-4-1-2-6-10(8)13-12(9)11;1-2(3)4/h1-2,4,6,13H,3,5,7H2;1H3,(H2,3,4). The van der Waals surface area contributed by atoms with Crippen LogP contribution in [-0.4, -0.2) is 16.7 Å². The van der Waals surface area contributed by atoms with Crippen LogP contribution in [0.4, 0.5) is 0 Å². The van der Waals surface area contributed by atoms with Crippen molar-refractivity contribution in [3.8, 4) is 0 Å². The van der Waals surface area contributed by atoms with Crippen molar-refractivity contribution in [2.24, 2.45) is 5.73 Å². The van der Waals surface area contributed by atoms with Crippen LogP contribution in [0.15, 0.2) is 24.3 Å². The predicted octanol–water partition coefficient (Wildman–Crippen LogP) is 2.18. The number of carbonyl (C=O) groups excluding carboxylic acids is 2. The average molecular weight is 244 g/mol. The van der Waals surface area contributed by atoms with Crippen molar-refractivity contribution < 1.29 is 9.59 Å². The van der Waals surface area contributed by atoms with Gasteiger partial charge in [0.15, 0.2) is 5.78 Å². The van der Waals surface area contributed by atoms with Gasteiger partial charge in [-0.15, -0.1) is 0 Å². The van der Waals surface area contributed by atoms with Gasteiger partial charge in [-0.3, -0.25) is 9.59 Å². The van der Waals surface area contributed by atoms with Gasteiger partial charge in [0.05, 0.1) is 5.69 Å². The van der Waals surface area contributed by atoms with E-state index >= 15 is 0 Å². The normalized spacial score (nSPS) is 13.7. The summed E-state index contributed by atoms with van der Waals surface area (Å²) in [6.45, 7) is 1.31. The number of aryl methyl sites for hydroxylation is 1. The van der Waals surface area contributed by atoms with Crippen LogP contribution < -0.4 is 5.73 Å². The third-order valence-corrected chi connectivity index (χ3v) is 2.92. The lowest BCUT2D eigenvalue weighted by atomic mass is 9.95. The lowest BCUT2D eigenvalue weighted by Gasteiger charge is -2.09. The van der Waals surface area contributed by atoms with Crippen LogP contribution >= 0.6 is 0 Å². The number of aromatic amines is 1. The number of fused-ring (bicyclic) bond motifs is 3. The van der Waals surface area contributed by atoms with Gasteiger partial charge in [0.1, 0.15) is 0 Å². The van der Waals surface area contributed by atoms with E-state index in [0.717, 1.165) is 24.1 Å². The van der Waals surface area contributed by atoms with Gasteiger partial charge < -0.3 is 10.7 Å². The number of Topliss-reactive ketones (excluding diaryl/α,β-unsaturated/α-hetero) is 1. The van der Waals surface area contributed by atoms with E-state index in [1.807, 2.05) is 18.2 Å². The first-order valence-corrected chi connectivity index (χ1v) is 5.98. The fourth-order valence-electron chi connectivity index (χ4n) is 2.25. The molecule has 0 spiro atoms. The predicted molar refractivity (Wildman–Crippen MR) is 70.4 cm³/mol. The Labute approximate surface area is 105 Å². The molecule has 1 aliphatic carbocycles. The van der Waals surface area contributed by atoms with Crippen LogP contribution in [0.5, 0.6) is 0 Å². The molecule has 4 nitrogen and oxygen atoms in total. The summed E-state index contributed by atoms with van der Waals surface area (Å²) in [6.07, 6.45) is 2.72. The van der Waals surface area contributed by atoms with E-state index in [2.05, 4.69) is 16.8 Å². The number of hydrogen-bond donors (Lipinski definition) is 2. The van der Waals surface area contributed by atoms with Crippen molar-refractivity contribution in [3.05, 3.63) is 35.5 Å². The molecule has 3 rings (SSSR count). The molecule has 0 unspecified atom stereocenters. The minimum atomic E-state index is -0.333. The van der Waals surface area contributed by atoms with Crippen molar-refractivity contribution in [3.63, 3.8) is 0 Å². The van der Waals surface area contributed by atoms with E-state index in [0.29, 0.717) is 6.42 Å². The molecule has 0 fully saturated rings. The quantitative estimate of drug-likeness (QED) is 0.745. The van der Waals surface area contributed by atoms with Crippen LogP contribution in [0.25, 0.3) is 10.9 Å². The number of para-hydroxylation sites is 1. The van der Waals surface area contributed by atoms with Crippen LogP contribution in [0.2, 0.25) is 0 Å². The summed E-state index contributed by atoms with van der Waals surface area (Å²) in [6, 6.07) is 8.13. The maximum atomic E-state index is 11.6. The summed E-state index contributed by atoms with van der Waals surface area (Å²) < 4.78 is 0. The SMILES string of the molecule is CC(N)=O.O=C1CCCc2c1[nH]c1ccccc21. The molecule has 0 aliphatic heterocycles. The number of H-pyrrole nitrogens is 1. The third-order valence-electron chi connectivity index (χ3n) is 2.92. The van der Waals surface area contributed by atoms with E-state index in [1.54, 1.807) is 0 Å². The number of ketones is 1. The van der Waals surface area contributed by atoms with E-state index in [-0.39, 0.29) is 11.7 Å². The van der Waals surface area contributed by atoms with E-state index in [9.17, 15) is 9.59 Å². The Bertz CT molecular complexity index is 595. The topological polar surface area (TPSA) is 76.0 Å². The summed E-state index contributed by atoms with van der Waals surface area (Å²) in [5.74, 6) is -0.0672. The number of hydrogen-bond acceptors (Lipinski definition) is 2. The highest BCUT2D eigenvalue weighted by Crippen LogP contribution is 2.28. The van der Waals surface area contributed by atoms with Gasteiger partial charge in [0.2, 0.25) is 5.91 Å². The maximum Gasteiger partial charge on any atom is 0.214 e. The smallest absolute Gasteiger partial charge is 0.214 e. The zero-order valence-electron chi connectivity index (χ0n) is 10.3. The molecule has 0 bridgehead atoms. The third kappa shape index (κ3) is 2.42. The molecule has 18 heavy (non-hydrogen) atoms. The van der Waals surface area contributed by atoms with Crippen molar-refractivity contribution in [2.75, 3.05) is 0 Å². The largest absolute Gasteiger partial charge is 0.370 e. The van der Waals surface area contributed by atoms with Crippen LogP contribution in [0.1, 0.15) is 35.8 Å². The second-order valence-corrected chi connectivity index (χ2v) is 4.41. The van der Waals surface area contributed by atoms with Gasteiger partial charge in [-0.05, 0) is 24.5 Å². The molecule has 0 saturated carbocycles.